The number of carbonyl (C=O) groups is 3. The Morgan fingerprint density at radius 2 is 1.70 bits per heavy atom. The van der Waals surface area contributed by atoms with Gasteiger partial charge in [-0.1, -0.05) is 25.8 Å². The molecule has 0 radical (unpaired) electrons. The first-order valence-electron chi connectivity index (χ1n) is 7.66. The van der Waals surface area contributed by atoms with Gasteiger partial charge >= 0.3 is 5.71 Å². The molecule has 23 heavy (non-hydrogen) atoms. The van der Waals surface area contributed by atoms with Crippen LogP contribution >= 0.6 is 7.92 Å². The Morgan fingerprint density at radius 1 is 1.13 bits per heavy atom. The Morgan fingerprint density at radius 3 is 2.09 bits per heavy atom. The van der Waals surface area contributed by atoms with Gasteiger partial charge in [0.1, 0.15) is 6.61 Å². The molecule has 0 aromatic rings. The second-order valence-corrected chi connectivity index (χ2v) is 7.84. The molecule has 0 saturated carbocycles. The molecule has 0 rings (SSSR count). The summed E-state index contributed by atoms with van der Waals surface area (Å²) in [5.41, 5.74) is -1.67. The van der Waals surface area contributed by atoms with Crippen molar-refractivity contribution >= 4 is 24.9 Å². The van der Waals surface area contributed by atoms with Crippen LogP contribution in [0.1, 0.15) is 40.5 Å². The smallest absolute Gasteiger partial charge is 0.334 e. The maximum atomic E-state index is 12.2. The number of aliphatic hydroxyl groups is 2. The van der Waals surface area contributed by atoms with Crippen molar-refractivity contribution in [1.29, 1.82) is 0 Å². The van der Waals surface area contributed by atoms with Gasteiger partial charge in [0.05, 0.1) is 26.6 Å². The van der Waals surface area contributed by atoms with E-state index in [0.717, 1.165) is 0 Å². The predicted octanol–water partition coefficient (Wildman–Crippen LogP) is 2.46. The van der Waals surface area contributed by atoms with E-state index in [1.54, 1.807) is 20.8 Å². The van der Waals surface area contributed by atoms with Crippen LogP contribution in [-0.4, -0.2) is 53.2 Å². The number of carbonyl (C=O) groups excluding carboxylic acids is 3. The van der Waals surface area contributed by atoms with Crippen molar-refractivity contribution in [3.63, 3.8) is 0 Å². The molecule has 6 nitrogen and oxygen atoms in total. The number of rotatable bonds is 11. The first-order valence-corrected chi connectivity index (χ1v) is 9.18. The molecule has 0 spiro atoms. The Labute approximate surface area is 138 Å². The third-order valence-corrected chi connectivity index (χ3v) is 5.64. The highest BCUT2D eigenvalue weighted by atomic mass is 31.1. The van der Waals surface area contributed by atoms with Gasteiger partial charge in [0.15, 0.2) is 0 Å². The van der Waals surface area contributed by atoms with Crippen LogP contribution in [0.4, 0.5) is 4.79 Å². The minimum absolute atomic E-state index is 0.179. The van der Waals surface area contributed by atoms with Gasteiger partial charge in [-0.25, -0.2) is 4.79 Å². The normalized spacial score (nSPS) is 12.4. The van der Waals surface area contributed by atoms with E-state index in [0.29, 0.717) is 18.4 Å². The van der Waals surface area contributed by atoms with Crippen LogP contribution in [0.3, 0.4) is 0 Å². The van der Waals surface area contributed by atoms with Crippen molar-refractivity contribution < 1.29 is 29.3 Å². The highest BCUT2D eigenvalue weighted by molar-refractivity contribution is 7.90. The topological polar surface area (TPSA) is 101 Å². The van der Waals surface area contributed by atoms with Crippen molar-refractivity contribution in [2.75, 3.05) is 26.0 Å². The fourth-order valence-electron chi connectivity index (χ4n) is 1.72. The second-order valence-electron chi connectivity index (χ2n) is 5.77. The minimum atomic E-state index is -1.88. The van der Waals surface area contributed by atoms with Gasteiger partial charge in [0.2, 0.25) is 11.3 Å². The maximum Gasteiger partial charge on any atom is 0.334 e. The number of hydrogen-bond acceptors (Lipinski definition) is 6. The molecule has 0 heterocycles. The highest BCUT2D eigenvalue weighted by Gasteiger charge is 2.34. The Bertz CT molecular complexity index is 441. The summed E-state index contributed by atoms with van der Waals surface area (Å²) in [6.45, 7) is 6.14. The van der Waals surface area contributed by atoms with Crippen LogP contribution < -0.4 is 0 Å². The van der Waals surface area contributed by atoms with Crippen LogP contribution in [0.2, 0.25) is 0 Å². The van der Waals surface area contributed by atoms with Crippen LogP contribution in [0, 0.1) is 5.41 Å². The Kier molecular flexibility index (Phi) is 10.1. The molecular formula is C16H27O6P. The van der Waals surface area contributed by atoms with Gasteiger partial charge in [-0.3, -0.25) is 9.59 Å². The van der Waals surface area contributed by atoms with E-state index in [-0.39, 0.29) is 26.0 Å². The van der Waals surface area contributed by atoms with Crippen LogP contribution in [-0.2, 0) is 14.3 Å². The van der Waals surface area contributed by atoms with Crippen molar-refractivity contribution in [3.8, 4) is 0 Å². The number of ether oxygens (including phenoxy) is 1. The largest absolute Gasteiger partial charge is 0.461 e. The van der Waals surface area contributed by atoms with Gasteiger partial charge in [0.25, 0.3) is 0 Å². The van der Waals surface area contributed by atoms with Crippen molar-refractivity contribution in [2.24, 2.45) is 5.41 Å². The SMILES string of the molecule is CCCP(C(=O)OCC(CC)(CO)CO)C(=O)C(=O)C=C(C)C. The minimum Gasteiger partial charge on any atom is -0.461 e. The summed E-state index contributed by atoms with van der Waals surface area (Å²) in [6.07, 6.45) is 2.50. The lowest BCUT2D eigenvalue weighted by Crippen LogP contribution is -2.35. The first kappa shape index (κ1) is 21.9. The van der Waals surface area contributed by atoms with E-state index < -0.39 is 30.4 Å². The van der Waals surface area contributed by atoms with Crippen molar-refractivity contribution in [2.45, 2.75) is 40.5 Å². The van der Waals surface area contributed by atoms with E-state index in [1.165, 1.54) is 6.08 Å². The highest BCUT2D eigenvalue weighted by Crippen LogP contribution is 2.40. The molecule has 0 amide bonds. The molecule has 0 bridgehead atoms. The molecule has 0 aliphatic carbocycles. The second kappa shape index (κ2) is 10.6. The number of aliphatic hydroxyl groups excluding tert-OH is 2. The van der Waals surface area contributed by atoms with Gasteiger partial charge in [-0.05, 0) is 32.5 Å². The Balaban J connectivity index is 5.03. The Hall–Kier alpha value is -1.10. The standard InChI is InChI=1S/C16H27O6P/c1-5-7-23(14(20)13(19)8-12(3)4)15(21)22-11-16(6-2,9-17)10-18/h8,17-18H,5-7,9-11H2,1-4H3. The predicted molar refractivity (Wildman–Crippen MR) is 89.8 cm³/mol. The van der Waals surface area contributed by atoms with Gasteiger partial charge < -0.3 is 14.9 Å². The van der Waals surface area contributed by atoms with Gasteiger partial charge in [0, 0.05) is 0 Å². The number of allylic oxidation sites excluding steroid dienone is 2. The van der Waals surface area contributed by atoms with Crippen LogP contribution in [0.15, 0.2) is 11.6 Å². The van der Waals surface area contributed by atoms with E-state index in [2.05, 4.69) is 0 Å². The number of ketones is 1. The summed E-state index contributed by atoms with van der Waals surface area (Å²) < 4.78 is 5.15. The van der Waals surface area contributed by atoms with Gasteiger partial charge in [-0.2, -0.15) is 0 Å². The monoisotopic (exact) mass is 346 g/mol. The zero-order chi connectivity index (χ0) is 18.0. The number of hydrogen-bond donors (Lipinski definition) is 2. The molecule has 2 N–H and O–H groups in total. The fraction of sp³-hybridized carbons (Fsp3) is 0.688. The molecular weight excluding hydrogens is 319 g/mol. The maximum absolute atomic E-state index is 12.2. The van der Waals surface area contributed by atoms with E-state index >= 15 is 0 Å². The zero-order valence-corrected chi connectivity index (χ0v) is 15.2. The first-order chi connectivity index (χ1) is 10.8. The molecule has 132 valence electrons. The third kappa shape index (κ3) is 6.90. The molecule has 7 heteroatoms. The lowest BCUT2D eigenvalue weighted by molar-refractivity contribution is -0.129. The van der Waals surface area contributed by atoms with Gasteiger partial charge in [-0.15, -0.1) is 0 Å². The molecule has 1 atom stereocenters. The molecule has 0 saturated heterocycles. The molecule has 1 unspecified atom stereocenters. The summed E-state index contributed by atoms with van der Waals surface area (Å²) in [7, 11) is -1.88. The summed E-state index contributed by atoms with van der Waals surface area (Å²) >= 11 is 0. The van der Waals surface area contributed by atoms with Crippen molar-refractivity contribution in [3.05, 3.63) is 11.6 Å². The molecule has 0 aliphatic heterocycles. The average molecular weight is 346 g/mol. The van der Waals surface area contributed by atoms with Crippen molar-refractivity contribution in [1.82, 2.24) is 0 Å². The molecule has 0 aromatic heterocycles. The molecule has 0 aromatic carbocycles. The summed E-state index contributed by atoms with van der Waals surface area (Å²) in [6, 6.07) is 0. The molecule has 0 aliphatic rings. The fourth-order valence-corrected chi connectivity index (χ4v) is 3.27. The summed E-state index contributed by atoms with van der Waals surface area (Å²) in [5.74, 6) is -0.687. The van der Waals surface area contributed by atoms with E-state index in [4.69, 9.17) is 4.74 Å². The lowest BCUT2D eigenvalue weighted by atomic mass is 9.88. The quantitative estimate of drug-likeness (QED) is 0.339. The van der Waals surface area contributed by atoms with Crippen LogP contribution in [0.5, 0.6) is 0 Å². The van der Waals surface area contributed by atoms with E-state index in [9.17, 15) is 24.6 Å². The van der Waals surface area contributed by atoms with Crippen LogP contribution in [0.25, 0.3) is 0 Å². The average Bonchev–Trinajstić information content (AvgIpc) is 2.52. The molecule has 0 fully saturated rings. The van der Waals surface area contributed by atoms with E-state index in [1.807, 2.05) is 6.92 Å². The lowest BCUT2D eigenvalue weighted by Gasteiger charge is -2.28. The third-order valence-electron chi connectivity index (χ3n) is 3.47. The summed E-state index contributed by atoms with van der Waals surface area (Å²) in [4.78, 5) is 36.2. The summed E-state index contributed by atoms with van der Waals surface area (Å²) in [5, 5.41) is 18.7. The zero-order valence-electron chi connectivity index (χ0n) is 14.3.